The van der Waals surface area contributed by atoms with Gasteiger partial charge in [0.15, 0.2) is 0 Å². The van der Waals surface area contributed by atoms with Crippen LogP contribution in [-0.4, -0.2) is 47.3 Å². The molecule has 1 saturated carbocycles. The lowest BCUT2D eigenvalue weighted by atomic mass is 9.92. The molecule has 0 bridgehead atoms. The van der Waals surface area contributed by atoms with E-state index in [4.69, 9.17) is 0 Å². The molecule has 2 N–H and O–H groups in total. The van der Waals surface area contributed by atoms with E-state index in [1.54, 1.807) is 0 Å². The molecule has 1 aliphatic carbocycles. The highest BCUT2D eigenvalue weighted by Gasteiger charge is 2.32. The molecule has 3 heteroatoms. The fraction of sp³-hybridized carbons (Fsp3) is 1.00. The average Bonchev–Trinajstić information content (AvgIpc) is 3.17. The Kier molecular flexibility index (Phi) is 6.78. The molecule has 3 nitrogen and oxygen atoms in total. The summed E-state index contributed by atoms with van der Waals surface area (Å²) < 4.78 is 0. The van der Waals surface area contributed by atoms with Crippen molar-refractivity contribution in [3.05, 3.63) is 0 Å². The minimum absolute atomic E-state index is 0.147. The van der Waals surface area contributed by atoms with Gasteiger partial charge in [0.1, 0.15) is 0 Å². The third kappa shape index (κ3) is 5.80. The number of nitrogens with one attached hydrogen (secondary N) is 1. The van der Waals surface area contributed by atoms with Gasteiger partial charge in [0, 0.05) is 24.2 Å². The third-order valence-electron chi connectivity index (χ3n) is 4.29. The van der Waals surface area contributed by atoms with Gasteiger partial charge in [0.05, 0.1) is 6.61 Å². The highest BCUT2D eigenvalue weighted by Crippen LogP contribution is 2.32. The van der Waals surface area contributed by atoms with Crippen LogP contribution in [0.2, 0.25) is 0 Å². The minimum atomic E-state index is -0.147. The number of aliphatic hydroxyl groups is 1. The minimum Gasteiger partial charge on any atom is -0.394 e. The molecule has 1 fully saturated rings. The highest BCUT2D eigenvalue weighted by atomic mass is 16.3. The Labute approximate surface area is 119 Å². The Balaban J connectivity index is 2.53. The molecule has 0 spiro atoms. The van der Waals surface area contributed by atoms with Crippen molar-refractivity contribution in [2.24, 2.45) is 5.92 Å². The molecule has 2 atom stereocenters. The van der Waals surface area contributed by atoms with Crippen LogP contribution in [0.5, 0.6) is 0 Å². The number of rotatable bonds is 10. The number of aliphatic hydroxyl groups excluding tert-OH is 1. The van der Waals surface area contributed by atoms with Crippen LogP contribution in [-0.2, 0) is 0 Å². The predicted octanol–water partition coefficient (Wildman–Crippen LogP) is 2.64. The van der Waals surface area contributed by atoms with E-state index in [0.29, 0.717) is 12.1 Å². The van der Waals surface area contributed by atoms with Crippen LogP contribution in [0.25, 0.3) is 0 Å². The Hall–Kier alpha value is -0.120. The second kappa shape index (κ2) is 7.61. The van der Waals surface area contributed by atoms with Gasteiger partial charge in [-0.3, -0.25) is 4.90 Å². The normalized spacial score (nSPS) is 20.8. The molecule has 114 valence electrons. The zero-order valence-corrected chi connectivity index (χ0v) is 13.6. The van der Waals surface area contributed by atoms with Gasteiger partial charge in [0.2, 0.25) is 0 Å². The summed E-state index contributed by atoms with van der Waals surface area (Å²) in [5.74, 6) is 0.925. The SMILES string of the molecule is CCCNC(C)(CO)CC(C)N(CC1CC1)C(C)C. The van der Waals surface area contributed by atoms with E-state index in [9.17, 15) is 5.11 Å². The highest BCUT2D eigenvalue weighted by molar-refractivity contribution is 4.89. The van der Waals surface area contributed by atoms with Crippen LogP contribution in [0.1, 0.15) is 60.3 Å². The molecule has 0 aromatic carbocycles. The van der Waals surface area contributed by atoms with Crippen molar-refractivity contribution in [1.29, 1.82) is 0 Å². The van der Waals surface area contributed by atoms with E-state index in [1.807, 2.05) is 0 Å². The number of nitrogens with zero attached hydrogens (tertiary/aromatic N) is 1. The number of hydrogen-bond acceptors (Lipinski definition) is 3. The van der Waals surface area contributed by atoms with Crippen molar-refractivity contribution in [2.45, 2.75) is 77.9 Å². The van der Waals surface area contributed by atoms with Crippen molar-refractivity contribution in [3.8, 4) is 0 Å². The Morgan fingerprint density at radius 2 is 1.95 bits per heavy atom. The summed E-state index contributed by atoms with van der Waals surface area (Å²) in [5, 5.41) is 13.2. The van der Waals surface area contributed by atoms with E-state index >= 15 is 0 Å². The van der Waals surface area contributed by atoms with Crippen LogP contribution in [0, 0.1) is 5.92 Å². The Morgan fingerprint density at radius 1 is 1.32 bits per heavy atom. The summed E-state index contributed by atoms with van der Waals surface area (Å²) >= 11 is 0. The van der Waals surface area contributed by atoms with Gasteiger partial charge in [-0.2, -0.15) is 0 Å². The van der Waals surface area contributed by atoms with Crippen molar-refractivity contribution in [1.82, 2.24) is 10.2 Å². The Bertz CT molecular complexity index is 253. The lowest BCUT2D eigenvalue weighted by Crippen LogP contribution is -2.52. The lowest BCUT2D eigenvalue weighted by Gasteiger charge is -2.39. The van der Waals surface area contributed by atoms with E-state index in [-0.39, 0.29) is 12.1 Å². The first-order valence-electron chi connectivity index (χ1n) is 8.03. The van der Waals surface area contributed by atoms with Gasteiger partial charge in [-0.1, -0.05) is 6.92 Å². The zero-order chi connectivity index (χ0) is 14.5. The molecular weight excluding hydrogens is 236 g/mol. The first-order chi connectivity index (χ1) is 8.91. The second-order valence-electron chi connectivity index (χ2n) is 6.93. The predicted molar refractivity (Wildman–Crippen MR) is 82.4 cm³/mol. The van der Waals surface area contributed by atoms with Gasteiger partial charge in [-0.05, 0) is 65.8 Å². The maximum absolute atomic E-state index is 9.69. The maximum Gasteiger partial charge on any atom is 0.0611 e. The van der Waals surface area contributed by atoms with E-state index in [1.165, 1.54) is 19.4 Å². The lowest BCUT2D eigenvalue weighted by molar-refractivity contribution is 0.0934. The largest absolute Gasteiger partial charge is 0.394 e. The van der Waals surface area contributed by atoms with E-state index in [2.05, 4.69) is 44.8 Å². The van der Waals surface area contributed by atoms with Crippen LogP contribution in [0.15, 0.2) is 0 Å². The first-order valence-corrected chi connectivity index (χ1v) is 8.03. The van der Waals surface area contributed by atoms with Gasteiger partial charge < -0.3 is 10.4 Å². The fourth-order valence-electron chi connectivity index (χ4n) is 2.89. The molecule has 0 radical (unpaired) electrons. The molecule has 0 aromatic heterocycles. The number of hydrogen-bond donors (Lipinski definition) is 2. The van der Waals surface area contributed by atoms with Gasteiger partial charge in [-0.25, -0.2) is 0 Å². The van der Waals surface area contributed by atoms with Crippen molar-refractivity contribution in [2.75, 3.05) is 19.7 Å². The maximum atomic E-state index is 9.69. The summed E-state index contributed by atoms with van der Waals surface area (Å²) in [6.07, 6.45) is 4.93. The topological polar surface area (TPSA) is 35.5 Å². The summed E-state index contributed by atoms with van der Waals surface area (Å²) in [5.41, 5.74) is -0.147. The van der Waals surface area contributed by atoms with Crippen molar-refractivity contribution >= 4 is 0 Å². The van der Waals surface area contributed by atoms with Crippen LogP contribution in [0.4, 0.5) is 0 Å². The first kappa shape index (κ1) is 16.9. The smallest absolute Gasteiger partial charge is 0.0611 e. The molecule has 0 aliphatic heterocycles. The van der Waals surface area contributed by atoms with Gasteiger partial charge in [0.25, 0.3) is 0 Å². The molecule has 0 aromatic rings. The van der Waals surface area contributed by atoms with E-state index in [0.717, 1.165) is 25.3 Å². The van der Waals surface area contributed by atoms with Gasteiger partial charge in [-0.15, -0.1) is 0 Å². The molecule has 0 saturated heterocycles. The average molecular weight is 270 g/mol. The second-order valence-corrected chi connectivity index (χ2v) is 6.93. The van der Waals surface area contributed by atoms with Crippen LogP contribution >= 0.6 is 0 Å². The van der Waals surface area contributed by atoms with Gasteiger partial charge >= 0.3 is 0 Å². The molecule has 0 heterocycles. The molecule has 2 unspecified atom stereocenters. The van der Waals surface area contributed by atoms with E-state index < -0.39 is 0 Å². The van der Waals surface area contributed by atoms with Crippen LogP contribution < -0.4 is 5.32 Å². The molecule has 19 heavy (non-hydrogen) atoms. The molecule has 0 amide bonds. The zero-order valence-electron chi connectivity index (χ0n) is 13.6. The van der Waals surface area contributed by atoms with Crippen molar-refractivity contribution < 1.29 is 5.11 Å². The molecule has 1 aliphatic rings. The third-order valence-corrected chi connectivity index (χ3v) is 4.29. The van der Waals surface area contributed by atoms with Crippen molar-refractivity contribution in [3.63, 3.8) is 0 Å². The molecular formula is C16H34N2O. The quantitative estimate of drug-likeness (QED) is 0.640. The molecule has 1 rings (SSSR count). The summed E-state index contributed by atoms with van der Waals surface area (Å²) in [6, 6.07) is 1.10. The fourth-order valence-corrected chi connectivity index (χ4v) is 2.89. The summed E-state index contributed by atoms with van der Waals surface area (Å²) in [4.78, 5) is 2.61. The summed E-state index contributed by atoms with van der Waals surface area (Å²) in [6.45, 7) is 13.6. The summed E-state index contributed by atoms with van der Waals surface area (Å²) in [7, 11) is 0. The van der Waals surface area contributed by atoms with Crippen LogP contribution in [0.3, 0.4) is 0 Å². The Morgan fingerprint density at radius 3 is 2.37 bits per heavy atom. The standard InChI is InChI=1S/C16H34N2O/c1-6-9-17-16(5,12-19)10-14(4)18(13(2)3)11-15-7-8-15/h13-15,17,19H,6-12H2,1-5H3. The monoisotopic (exact) mass is 270 g/mol.